The number of carbonyl (C=O) groups excluding carboxylic acids is 1. The SMILES string of the molecule is COCCCN1C=CN(c2ccc(C(=O)O)cc2[N+](=O)[O-])[C@@H](Cc2ccc(O)cc2)C1=O. The van der Waals surface area contributed by atoms with Crippen molar-refractivity contribution in [3.63, 3.8) is 0 Å². The van der Waals surface area contributed by atoms with Crippen LogP contribution in [-0.2, 0) is 16.0 Å². The average Bonchev–Trinajstić information content (AvgIpc) is 2.77. The van der Waals surface area contributed by atoms with Crippen LogP contribution in [0.2, 0.25) is 0 Å². The monoisotopic (exact) mass is 441 g/mol. The number of anilines is 1. The van der Waals surface area contributed by atoms with Crippen LogP contribution in [0.5, 0.6) is 5.75 Å². The van der Waals surface area contributed by atoms with Gasteiger partial charge in [0.1, 0.15) is 17.5 Å². The molecule has 0 radical (unpaired) electrons. The molecule has 1 heterocycles. The number of carbonyl (C=O) groups is 2. The summed E-state index contributed by atoms with van der Waals surface area (Å²) in [4.78, 5) is 38.6. The molecule has 1 aliphatic rings. The second kappa shape index (κ2) is 9.92. The van der Waals surface area contributed by atoms with E-state index < -0.39 is 22.6 Å². The van der Waals surface area contributed by atoms with Gasteiger partial charge in [-0.1, -0.05) is 12.1 Å². The van der Waals surface area contributed by atoms with E-state index in [9.17, 15) is 29.9 Å². The summed E-state index contributed by atoms with van der Waals surface area (Å²) < 4.78 is 5.05. The molecule has 1 aliphatic heterocycles. The number of amides is 1. The number of benzene rings is 2. The number of phenolic OH excluding ortho intramolecular Hbond substituents is 1. The Hall–Kier alpha value is -3.92. The van der Waals surface area contributed by atoms with E-state index in [1.807, 2.05) is 0 Å². The van der Waals surface area contributed by atoms with E-state index in [1.54, 1.807) is 31.6 Å². The van der Waals surface area contributed by atoms with Crippen LogP contribution < -0.4 is 4.90 Å². The Balaban J connectivity index is 2.01. The predicted octanol–water partition coefficient (Wildman–Crippen LogP) is 2.77. The molecule has 10 nitrogen and oxygen atoms in total. The van der Waals surface area contributed by atoms with Crippen LogP contribution in [0.4, 0.5) is 11.4 Å². The fourth-order valence-electron chi connectivity index (χ4n) is 3.51. The van der Waals surface area contributed by atoms with Crippen molar-refractivity contribution >= 4 is 23.3 Å². The van der Waals surface area contributed by atoms with Gasteiger partial charge in [0, 0.05) is 45.1 Å². The number of nitro benzene ring substituents is 1. The molecule has 3 rings (SSSR count). The summed E-state index contributed by atoms with van der Waals surface area (Å²) >= 11 is 0. The molecular weight excluding hydrogens is 418 g/mol. The highest BCUT2D eigenvalue weighted by Crippen LogP contribution is 2.34. The molecule has 0 aromatic heterocycles. The highest BCUT2D eigenvalue weighted by molar-refractivity contribution is 5.92. The maximum Gasteiger partial charge on any atom is 0.335 e. The Morgan fingerprint density at radius 3 is 2.53 bits per heavy atom. The van der Waals surface area contributed by atoms with Crippen molar-refractivity contribution in [3.8, 4) is 5.75 Å². The number of rotatable bonds is 9. The second-order valence-electron chi connectivity index (χ2n) is 7.24. The van der Waals surface area contributed by atoms with Crippen LogP contribution in [0, 0.1) is 10.1 Å². The molecule has 1 amide bonds. The van der Waals surface area contributed by atoms with E-state index in [4.69, 9.17) is 4.74 Å². The third-order valence-electron chi connectivity index (χ3n) is 5.12. The van der Waals surface area contributed by atoms with Gasteiger partial charge in [-0.05, 0) is 36.2 Å². The Morgan fingerprint density at radius 2 is 1.91 bits per heavy atom. The van der Waals surface area contributed by atoms with Crippen LogP contribution in [0.3, 0.4) is 0 Å². The minimum Gasteiger partial charge on any atom is -0.508 e. The largest absolute Gasteiger partial charge is 0.508 e. The quantitative estimate of drug-likeness (QED) is 0.345. The molecule has 1 atom stereocenters. The molecule has 168 valence electrons. The van der Waals surface area contributed by atoms with E-state index in [1.165, 1.54) is 34.1 Å². The lowest BCUT2D eigenvalue weighted by Crippen LogP contribution is -2.50. The maximum absolute atomic E-state index is 13.3. The van der Waals surface area contributed by atoms with Crippen molar-refractivity contribution in [2.75, 3.05) is 25.2 Å². The molecule has 0 spiro atoms. The molecule has 0 fully saturated rings. The lowest BCUT2D eigenvalue weighted by Gasteiger charge is -2.37. The highest BCUT2D eigenvalue weighted by atomic mass is 16.6. The number of ether oxygens (including phenoxy) is 1. The van der Waals surface area contributed by atoms with E-state index in [0.29, 0.717) is 19.6 Å². The zero-order chi connectivity index (χ0) is 23.3. The number of phenols is 1. The van der Waals surface area contributed by atoms with E-state index in [2.05, 4.69) is 0 Å². The van der Waals surface area contributed by atoms with Crippen molar-refractivity contribution in [1.82, 2.24) is 4.90 Å². The first-order chi connectivity index (χ1) is 15.3. The summed E-state index contributed by atoms with van der Waals surface area (Å²) in [6.07, 6.45) is 3.98. The number of hydrogen-bond acceptors (Lipinski definition) is 7. The number of methoxy groups -OCH3 is 1. The zero-order valence-electron chi connectivity index (χ0n) is 17.4. The van der Waals surface area contributed by atoms with Gasteiger partial charge >= 0.3 is 5.97 Å². The van der Waals surface area contributed by atoms with Gasteiger partial charge in [-0.3, -0.25) is 14.9 Å². The Labute approximate surface area is 184 Å². The topological polar surface area (TPSA) is 133 Å². The lowest BCUT2D eigenvalue weighted by atomic mass is 10.0. The van der Waals surface area contributed by atoms with Crippen LogP contribution in [-0.4, -0.2) is 58.2 Å². The summed E-state index contributed by atoms with van der Waals surface area (Å²) in [5, 5.41) is 30.4. The Bertz CT molecular complexity index is 1040. The zero-order valence-corrected chi connectivity index (χ0v) is 17.4. The molecule has 10 heteroatoms. The molecule has 2 N–H and O–H groups in total. The molecule has 32 heavy (non-hydrogen) atoms. The Morgan fingerprint density at radius 1 is 1.19 bits per heavy atom. The normalized spacial score (nSPS) is 15.8. The first kappa shape index (κ1) is 22.8. The minimum absolute atomic E-state index is 0.0848. The molecule has 0 aliphatic carbocycles. The number of nitro groups is 1. The van der Waals surface area contributed by atoms with Gasteiger partial charge in [-0.25, -0.2) is 4.79 Å². The van der Waals surface area contributed by atoms with Crippen LogP contribution >= 0.6 is 0 Å². The fourth-order valence-corrected chi connectivity index (χ4v) is 3.51. The van der Waals surface area contributed by atoms with E-state index in [0.717, 1.165) is 11.6 Å². The second-order valence-corrected chi connectivity index (χ2v) is 7.24. The van der Waals surface area contributed by atoms with Gasteiger partial charge in [-0.2, -0.15) is 0 Å². The summed E-state index contributed by atoms with van der Waals surface area (Å²) in [5.74, 6) is -1.45. The van der Waals surface area contributed by atoms with Crippen LogP contribution in [0.15, 0.2) is 54.9 Å². The van der Waals surface area contributed by atoms with Crippen molar-refractivity contribution in [2.24, 2.45) is 0 Å². The Kier molecular flexibility index (Phi) is 7.06. The molecular formula is C22H23N3O7. The van der Waals surface area contributed by atoms with Crippen LogP contribution in [0.1, 0.15) is 22.3 Å². The van der Waals surface area contributed by atoms with Gasteiger partial charge in [0.2, 0.25) is 5.91 Å². The van der Waals surface area contributed by atoms with Crippen molar-refractivity contribution in [3.05, 3.63) is 76.1 Å². The number of carboxylic acid groups (broad SMARTS) is 1. The van der Waals surface area contributed by atoms with Crippen LogP contribution in [0.25, 0.3) is 0 Å². The predicted molar refractivity (Wildman–Crippen MR) is 115 cm³/mol. The van der Waals surface area contributed by atoms with Crippen molar-refractivity contribution in [1.29, 1.82) is 0 Å². The minimum atomic E-state index is -1.28. The third-order valence-corrected chi connectivity index (χ3v) is 5.12. The van der Waals surface area contributed by atoms with Gasteiger partial charge < -0.3 is 24.7 Å². The standard InChI is InChI=1S/C22H23N3O7/c1-32-12-2-9-23-10-11-24(18-8-5-16(22(28)29)14-19(18)25(30)31)20(21(23)27)13-15-3-6-17(26)7-4-15/h3-8,10-11,14,20,26H,2,9,12-13H2,1H3,(H,28,29)/t20-/m0/s1. The fraction of sp³-hybridized carbons (Fsp3) is 0.273. The number of aromatic carboxylic acids is 1. The molecule has 0 saturated heterocycles. The molecule has 2 aromatic carbocycles. The van der Waals surface area contributed by atoms with E-state index in [-0.39, 0.29) is 29.3 Å². The molecule has 2 aromatic rings. The molecule has 0 saturated carbocycles. The van der Waals surface area contributed by atoms with Gasteiger partial charge in [-0.15, -0.1) is 0 Å². The first-order valence-corrected chi connectivity index (χ1v) is 9.87. The number of aromatic hydroxyl groups is 1. The number of carboxylic acids is 1. The third kappa shape index (κ3) is 5.03. The van der Waals surface area contributed by atoms with Crippen molar-refractivity contribution < 1.29 is 29.5 Å². The lowest BCUT2D eigenvalue weighted by molar-refractivity contribution is -0.384. The van der Waals surface area contributed by atoms with E-state index >= 15 is 0 Å². The summed E-state index contributed by atoms with van der Waals surface area (Å²) in [5.41, 5.74) is 0.239. The highest BCUT2D eigenvalue weighted by Gasteiger charge is 2.35. The maximum atomic E-state index is 13.3. The van der Waals surface area contributed by atoms with Crippen molar-refractivity contribution in [2.45, 2.75) is 18.9 Å². The molecule has 0 unspecified atom stereocenters. The number of hydrogen-bond donors (Lipinski definition) is 2. The summed E-state index contributed by atoms with van der Waals surface area (Å²) in [7, 11) is 1.57. The summed E-state index contributed by atoms with van der Waals surface area (Å²) in [6, 6.07) is 9.15. The van der Waals surface area contributed by atoms with Gasteiger partial charge in [0.05, 0.1) is 10.5 Å². The molecule has 0 bridgehead atoms. The van der Waals surface area contributed by atoms with Gasteiger partial charge in [0.25, 0.3) is 5.69 Å². The smallest absolute Gasteiger partial charge is 0.335 e. The van der Waals surface area contributed by atoms with Gasteiger partial charge in [0.15, 0.2) is 0 Å². The average molecular weight is 441 g/mol. The summed E-state index contributed by atoms with van der Waals surface area (Å²) in [6.45, 7) is 0.898. The number of nitrogens with zero attached hydrogens (tertiary/aromatic N) is 3. The first-order valence-electron chi connectivity index (χ1n) is 9.87.